The van der Waals surface area contributed by atoms with Crippen LogP contribution in [-0.4, -0.2) is 22.1 Å². The number of oxazole rings is 1. The maximum Gasteiger partial charge on any atom is 0.426 e. The molecule has 0 saturated carbocycles. The van der Waals surface area contributed by atoms with Gasteiger partial charge in [-0.05, 0) is 18.2 Å². The van der Waals surface area contributed by atoms with Crippen LogP contribution in [0.15, 0.2) is 57.7 Å². The molecule has 22 heavy (non-hydrogen) atoms. The van der Waals surface area contributed by atoms with Crippen molar-refractivity contribution in [1.29, 1.82) is 0 Å². The first-order valence-electron chi connectivity index (χ1n) is 6.46. The number of benzene rings is 2. The van der Waals surface area contributed by atoms with Gasteiger partial charge in [0.05, 0.1) is 5.52 Å². The van der Waals surface area contributed by atoms with E-state index in [0.29, 0.717) is 16.6 Å². The minimum atomic E-state index is -0.815. The molecule has 0 spiro atoms. The Labute approximate surface area is 129 Å². The van der Waals surface area contributed by atoms with E-state index in [2.05, 4.69) is 0 Å². The Morgan fingerprint density at radius 1 is 1.05 bits per heavy atom. The zero-order valence-electron chi connectivity index (χ0n) is 11.3. The number of nitrogens with zero attached hydrogens (tertiary/aromatic N) is 1. The molecule has 6 heteroatoms. The van der Waals surface area contributed by atoms with Crippen LogP contribution in [0.2, 0.25) is 0 Å². The molecule has 0 N–H and O–H groups in total. The summed E-state index contributed by atoms with van der Waals surface area (Å²) in [6.45, 7) is 0. The second-order valence-corrected chi connectivity index (χ2v) is 4.88. The minimum Gasteiger partial charge on any atom is -0.407 e. The molecule has 0 saturated heterocycles. The molecule has 0 aliphatic heterocycles. The number of hydrogen-bond acceptors (Lipinski definition) is 4. The third-order valence-corrected chi connectivity index (χ3v) is 3.47. The van der Waals surface area contributed by atoms with Crippen molar-refractivity contribution >= 4 is 34.4 Å². The predicted octanol–water partition coefficient (Wildman–Crippen LogP) is 2.70. The van der Waals surface area contributed by atoms with E-state index in [1.807, 2.05) is 6.07 Å². The molecule has 2 aromatic carbocycles. The van der Waals surface area contributed by atoms with E-state index in [4.69, 9.17) is 16.0 Å². The average Bonchev–Trinajstić information content (AvgIpc) is 2.89. The van der Waals surface area contributed by atoms with Crippen molar-refractivity contribution in [2.24, 2.45) is 0 Å². The molecular formula is C16H10ClNO4. The lowest BCUT2D eigenvalue weighted by Gasteiger charge is -2.01. The maximum absolute atomic E-state index is 12.4. The van der Waals surface area contributed by atoms with Gasteiger partial charge in [-0.3, -0.25) is 9.59 Å². The quantitative estimate of drug-likeness (QED) is 0.550. The summed E-state index contributed by atoms with van der Waals surface area (Å²) in [5.41, 5.74) is 1.36. The van der Waals surface area contributed by atoms with Gasteiger partial charge in [0.2, 0.25) is 0 Å². The molecule has 5 nitrogen and oxygen atoms in total. The summed E-state index contributed by atoms with van der Waals surface area (Å²) in [5.74, 6) is -1.92. The van der Waals surface area contributed by atoms with Gasteiger partial charge >= 0.3 is 5.76 Å². The molecule has 0 bridgehead atoms. The predicted molar refractivity (Wildman–Crippen MR) is 81.7 cm³/mol. The van der Waals surface area contributed by atoms with E-state index in [1.54, 1.807) is 30.3 Å². The van der Waals surface area contributed by atoms with Crippen LogP contribution >= 0.6 is 11.6 Å². The summed E-state index contributed by atoms with van der Waals surface area (Å²) in [4.78, 5) is 35.7. The van der Waals surface area contributed by atoms with Crippen LogP contribution in [0.3, 0.4) is 0 Å². The number of alkyl halides is 1. The normalized spacial score (nSPS) is 10.8. The SMILES string of the molecule is O=C(c1ccccc1)c1ccc2c(c1)oc(=O)n2C(=O)CCl. The Morgan fingerprint density at radius 3 is 2.45 bits per heavy atom. The van der Waals surface area contributed by atoms with Crippen LogP contribution < -0.4 is 5.76 Å². The topological polar surface area (TPSA) is 69.3 Å². The van der Waals surface area contributed by atoms with Gasteiger partial charge in [-0.25, -0.2) is 9.36 Å². The van der Waals surface area contributed by atoms with Gasteiger partial charge in [0.25, 0.3) is 5.91 Å². The largest absolute Gasteiger partial charge is 0.426 e. The van der Waals surface area contributed by atoms with Crippen molar-refractivity contribution in [2.75, 3.05) is 5.88 Å². The molecule has 1 aromatic heterocycles. The zero-order chi connectivity index (χ0) is 15.7. The molecule has 0 radical (unpaired) electrons. The highest BCUT2D eigenvalue weighted by atomic mass is 35.5. The molecule has 0 atom stereocenters. The van der Waals surface area contributed by atoms with E-state index < -0.39 is 11.7 Å². The number of rotatable bonds is 3. The highest BCUT2D eigenvalue weighted by molar-refractivity contribution is 6.28. The highest BCUT2D eigenvalue weighted by Gasteiger charge is 2.17. The van der Waals surface area contributed by atoms with Crippen LogP contribution in [0, 0.1) is 0 Å². The first-order valence-corrected chi connectivity index (χ1v) is 7.00. The maximum atomic E-state index is 12.4. The van der Waals surface area contributed by atoms with Crippen LogP contribution in [0.5, 0.6) is 0 Å². The van der Waals surface area contributed by atoms with Crippen LogP contribution in [0.1, 0.15) is 20.7 Å². The first kappa shape index (κ1) is 14.3. The van der Waals surface area contributed by atoms with E-state index in [-0.39, 0.29) is 17.2 Å². The molecule has 0 unspecified atom stereocenters. The number of ketones is 1. The lowest BCUT2D eigenvalue weighted by atomic mass is 10.0. The summed E-state index contributed by atoms with van der Waals surface area (Å²) in [6, 6.07) is 13.2. The number of fused-ring (bicyclic) bond motifs is 1. The van der Waals surface area contributed by atoms with Crippen LogP contribution in [-0.2, 0) is 0 Å². The zero-order valence-corrected chi connectivity index (χ0v) is 12.0. The van der Waals surface area contributed by atoms with Crippen LogP contribution in [0.4, 0.5) is 0 Å². The fraction of sp³-hybridized carbons (Fsp3) is 0.0625. The van der Waals surface area contributed by atoms with Gasteiger partial charge in [-0.15, -0.1) is 11.6 Å². The van der Waals surface area contributed by atoms with Crippen molar-refractivity contribution in [3.05, 3.63) is 70.2 Å². The molecule has 3 aromatic rings. The molecular weight excluding hydrogens is 306 g/mol. The standard InChI is InChI=1S/C16H10ClNO4/c17-9-14(19)18-12-7-6-11(8-13(12)22-16(18)21)15(20)10-4-2-1-3-5-10/h1-8H,9H2. The third-order valence-electron chi connectivity index (χ3n) is 3.24. The minimum absolute atomic E-state index is 0.172. The second-order valence-electron chi connectivity index (χ2n) is 4.61. The summed E-state index contributed by atoms with van der Waals surface area (Å²) in [5, 5.41) is 0. The smallest absolute Gasteiger partial charge is 0.407 e. The van der Waals surface area contributed by atoms with Gasteiger partial charge in [-0.1, -0.05) is 30.3 Å². The van der Waals surface area contributed by atoms with Crippen molar-refractivity contribution in [3.63, 3.8) is 0 Å². The Bertz CT molecular complexity index is 924. The molecule has 0 aliphatic rings. The molecule has 3 rings (SSSR count). The van der Waals surface area contributed by atoms with Crippen molar-refractivity contribution < 1.29 is 14.0 Å². The summed E-state index contributed by atoms with van der Waals surface area (Å²) >= 11 is 5.47. The monoisotopic (exact) mass is 315 g/mol. The fourth-order valence-corrected chi connectivity index (χ4v) is 2.33. The van der Waals surface area contributed by atoms with E-state index in [9.17, 15) is 14.4 Å². The van der Waals surface area contributed by atoms with Crippen LogP contribution in [0.25, 0.3) is 11.1 Å². The Hall–Kier alpha value is -2.66. The Balaban J connectivity index is 2.10. The fourth-order valence-electron chi connectivity index (χ4n) is 2.21. The van der Waals surface area contributed by atoms with E-state index >= 15 is 0 Å². The molecule has 0 aliphatic carbocycles. The summed E-state index contributed by atoms with van der Waals surface area (Å²) in [6.07, 6.45) is 0. The highest BCUT2D eigenvalue weighted by Crippen LogP contribution is 2.18. The average molecular weight is 316 g/mol. The summed E-state index contributed by atoms with van der Waals surface area (Å²) in [7, 11) is 0. The van der Waals surface area contributed by atoms with E-state index in [0.717, 1.165) is 4.57 Å². The van der Waals surface area contributed by atoms with Gasteiger partial charge in [-0.2, -0.15) is 0 Å². The Morgan fingerprint density at radius 2 is 1.77 bits per heavy atom. The Kier molecular flexibility index (Phi) is 3.65. The van der Waals surface area contributed by atoms with Gasteiger partial charge in [0.1, 0.15) is 5.88 Å². The van der Waals surface area contributed by atoms with Crippen molar-refractivity contribution in [1.82, 2.24) is 4.57 Å². The number of carbonyl (C=O) groups is 2. The van der Waals surface area contributed by atoms with Gasteiger partial charge < -0.3 is 4.42 Å². The van der Waals surface area contributed by atoms with Crippen molar-refractivity contribution in [3.8, 4) is 0 Å². The molecule has 110 valence electrons. The molecule has 0 amide bonds. The second kappa shape index (κ2) is 5.61. The number of halogens is 1. The summed E-state index contributed by atoms with van der Waals surface area (Å²) < 4.78 is 5.88. The number of carbonyl (C=O) groups excluding carboxylic acids is 2. The molecule has 1 heterocycles. The lowest BCUT2D eigenvalue weighted by molar-refractivity contribution is 0.0936. The number of aromatic nitrogens is 1. The molecule has 0 fully saturated rings. The first-order chi connectivity index (χ1) is 10.6. The number of hydrogen-bond donors (Lipinski definition) is 0. The third kappa shape index (κ3) is 2.35. The van der Waals surface area contributed by atoms with Gasteiger partial charge in [0.15, 0.2) is 11.4 Å². The van der Waals surface area contributed by atoms with Gasteiger partial charge in [0, 0.05) is 11.1 Å². The van der Waals surface area contributed by atoms with Crippen molar-refractivity contribution in [2.45, 2.75) is 0 Å². The lowest BCUT2D eigenvalue weighted by Crippen LogP contribution is -2.23. The van der Waals surface area contributed by atoms with E-state index in [1.165, 1.54) is 12.1 Å².